The van der Waals surface area contributed by atoms with Crippen LogP contribution in [0.3, 0.4) is 0 Å². The smallest absolute Gasteiger partial charge is 0.137 e. The average molecular weight is 471 g/mol. The highest BCUT2D eigenvalue weighted by molar-refractivity contribution is 9.10. The van der Waals surface area contributed by atoms with E-state index in [1.54, 1.807) is 0 Å². The summed E-state index contributed by atoms with van der Waals surface area (Å²) in [5, 5.41) is 3.90. The van der Waals surface area contributed by atoms with Gasteiger partial charge in [-0.3, -0.25) is 4.90 Å². The number of nitrogens with one attached hydrogen (secondary N) is 1. The zero-order chi connectivity index (χ0) is 20.5. The van der Waals surface area contributed by atoms with Crippen molar-refractivity contribution in [1.29, 1.82) is 0 Å². The molecule has 4 heterocycles. The van der Waals surface area contributed by atoms with Gasteiger partial charge in [0.15, 0.2) is 0 Å². The number of halogens is 1. The van der Waals surface area contributed by atoms with E-state index in [1.165, 1.54) is 42.5 Å². The Morgan fingerprint density at radius 3 is 2.77 bits per heavy atom. The Bertz CT molecular complexity index is 899. The summed E-state index contributed by atoms with van der Waals surface area (Å²) < 4.78 is 6.49. The van der Waals surface area contributed by atoms with Crippen molar-refractivity contribution in [3.63, 3.8) is 0 Å². The first kappa shape index (κ1) is 20.4. The molecule has 2 atom stereocenters. The van der Waals surface area contributed by atoms with Gasteiger partial charge < -0.3 is 15.8 Å². The van der Waals surface area contributed by atoms with E-state index in [-0.39, 0.29) is 0 Å². The van der Waals surface area contributed by atoms with Gasteiger partial charge in [-0.05, 0) is 82.9 Å². The molecule has 2 aromatic rings. The zero-order valence-electron chi connectivity index (χ0n) is 17.4. The topological polar surface area (TPSA) is 63.4 Å². The second kappa shape index (κ2) is 8.95. The van der Waals surface area contributed by atoms with Crippen LogP contribution in [0, 0.1) is 0 Å². The summed E-state index contributed by atoms with van der Waals surface area (Å²) in [6, 6.07) is 10.2. The summed E-state index contributed by atoms with van der Waals surface area (Å²) in [6.45, 7) is 5.18. The van der Waals surface area contributed by atoms with Crippen LogP contribution in [0.15, 0.2) is 34.9 Å². The minimum atomic E-state index is 0.377. The molecule has 1 aromatic carbocycles. The number of hydrogen-bond acceptors (Lipinski definition) is 5. The first-order valence-electron chi connectivity index (χ1n) is 11.3. The third-order valence-electron chi connectivity index (χ3n) is 7.09. The van der Waals surface area contributed by atoms with Crippen molar-refractivity contribution in [2.45, 2.75) is 50.1 Å². The molecule has 3 aliphatic rings. The summed E-state index contributed by atoms with van der Waals surface area (Å²) in [5.74, 6) is 1.11. The van der Waals surface area contributed by atoms with Crippen LogP contribution in [0.2, 0.25) is 0 Å². The largest absolute Gasteiger partial charge is 0.383 e. The fourth-order valence-corrected chi connectivity index (χ4v) is 5.71. The molecule has 6 heteroatoms. The van der Waals surface area contributed by atoms with Gasteiger partial charge in [-0.25, -0.2) is 4.98 Å². The van der Waals surface area contributed by atoms with Crippen molar-refractivity contribution < 1.29 is 4.74 Å². The first-order valence-corrected chi connectivity index (χ1v) is 12.1. The van der Waals surface area contributed by atoms with Gasteiger partial charge in [0.25, 0.3) is 0 Å². The van der Waals surface area contributed by atoms with Crippen LogP contribution in [0.5, 0.6) is 0 Å². The Morgan fingerprint density at radius 1 is 1.07 bits per heavy atom. The predicted molar refractivity (Wildman–Crippen MR) is 125 cm³/mol. The number of pyridine rings is 1. The molecular weight excluding hydrogens is 440 g/mol. The SMILES string of the molecule is Nc1ncc(-c2ccc(C3CCOCC3)c([C@@H]3CN4CCCC[C@H]4CN3)c2)cc1Br. The molecule has 0 bridgehead atoms. The van der Waals surface area contributed by atoms with E-state index in [4.69, 9.17) is 10.5 Å². The molecule has 5 nitrogen and oxygen atoms in total. The van der Waals surface area contributed by atoms with E-state index in [2.05, 4.69) is 55.4 Å². The number of piperidine rings is 1. The summed E-state index contributed by atoms with van der Waals surface area (Å²) in [5.41, 5.74) is 11.2. The standard InChI is InChI=1S/C24H31BrN4O/c25-22-12-18(13-28-24(22)26)17-4-5-20(16-6-9-30-10-7-16)21(11-17)23-15-29-8-2-1-3-19(29)14-27-23/h4-5,11-13,16,19,23,27H,1-3,6-10,14-15H2,(H2,26,28)/t19-,23-/m0/s1. The maximum Gasteiger partial charge on any atom is 0.137 e. The molecule has 0 saturated carbocycles. The van der Waals surface area contributed by atoms with Gasteiger partial charge in [0, 0.05) is 50.1 Å². The van der Waals surface area contributed by atoms with Gasteiger partial charge in [-0.2, -0.15) is 0 Å². The van der Waals surface area contributed by atoms with Crippen molar-refractivity contribution in [2.24, 2.45) is 0 Å². The lowest BCUT2D eigenvalue weighted by atomic mass is 9.83. The lowest BCUT2D eigenvalue weighted by molar-refractivity contribution is 0.0830. The Labute approximate surface area is 187 Å². The Hall–Kier alpha value is -1.47. The number of ether oxygens (including phenoxy) is 1. The molecule has 3 saturated heterocycles. The Morgan fingerprint density at radius 2 is 1.93 bits per heavy atom. The second-order valence-electron chi connectivity index (χ2n) is 8.93. The van der Waals surface area contributed by atoms with Gasteiger partial charge in [-0.15, -0.1) is 0 Å². The molecule has 3 N–H and O–H groups in total. The van der Waals surface area contributed by atoms with Crippen molar-refractivity contribution in [2.75, 3.05) is 38.6 Å². The third kappa shape index (κ3) is 4.15. The van der Waals surface area contributed by atoms with E-state index in [1.807, 2.05) is 6.20 Å². The molecule has 0 amide bonds. The van der Waals surface area contributed by atoms with E-state index in [9.17, 15) is 0 Å². The number of hydrogen-bond donors (Lipinski definition) is 2. The van der Waals surface area contributed by atoms with E-state index in [0.717, 1.165) is 49.2 Å². The molecule has 0 unspecified atom stereocenters. The van der Waals surface area contributed by atoms with Gasteiger partial charge in [0.2, 0.25) is 0 Å². The number of piperazine rings is 1. The number of anilines is 1. The molecule has 0 spiro atoms. The zero-order valence-corrected chi connectivity index (χ0v) is 19.0. The molecule has 3 aliphatic heterocycles. The number of nitrogen functional groups attached to an aromatic ring is 1. The molecule has 3 fully saturated rings. The molecule has 0 aliphatic carbocycles. The van der Waals surface area contributed by atoms with Crippen molar-refractivity contribution in [1.82, 2.24) is 15.2 Å². The van der Waals surface area contributed by atoms with Crippen LogP contribution >= 0.6 is 15.9 Å². The molecule has 1 aromatic heterocycles. The van der Waals surface area contributed by atoms with Gasteiger partial charge in [0.1, 0.15) is 5.82 Å². The quantitative estimate of drug-likeness (QED) is 0.691. The number of aromatic nitrogens is 1. The van der Waals surface area contributed by atoms with Crippen LogP contribution in [0.4, 0.5) is 5.82 Å². The minimum Gasteiger partial charge on any atom is -0.383 e. The van der Waals surface area contributed by atoms with Crippen molar-refractivity contribution in [3.05, 3.63) is 46.1 Å². The third-order valence-corrected chi connectivity index (χ3v) is 7.73. The van der Waals surface area contributed by atoms with E-state index < -0.39 is 0 Å². The van der Waals surface area contributed by atoms with Crippen LogP contribution in [0.1, 0.15) is 55.2 Å². The molecular formula is C24H31BrN4O. The van der Waals surface area contributed by atoms with Crippen molar-refractivity contribution in [3.8, 4) is 11.1 Å². The molecule has 160 valence electrons. The summed E-state index contributed by atoms with van der Waals surface area (Å²) in [7, 11) is 0. The minimum absolute atomic E-state index is 0.377. The highest BCUT2D eigenvalue weighted by Gasteiger charge is 2.32. The fraction of sp³-hybridized carbons (Fsp3) is 0.542. The highest BCUT2D eigenvalue weighted by atomic mass is 79.9. The first-order chi connectivity index (χ1) is 14.7. The second-order valence-corrected chi connectivity index (χ2v) is 9.78. The normalized spacial score (nSPS) is 25.8. The lowest BCUT2D eigenvalue weighted by Crippen LogP contribution is -2.54. The fourth-order valence-electron chi connectivity index (χ4n) is 5.36. The van der Waals surface area contributed by atoms with Crippen LogP contribution in [0.25, 0.3) is 11.1 Å². The highest BCUT2D eigenvalue weighted by Crippen LogP contribution is 2.37. The van der Waals surface area contributed by atoms with Crippen molar-refractivity contribution >= 4 is 21.7 Å². The average Bonchev–Trinajstić information content (AvgIpc) is 2.81. The molecule has 30 heavy (non-hydrogen) atoms. The summed E-state index contributed by atoms with van der Waals surface area (Å²) in [4.78, 5) is 7.07. The van der Waals surface area contributed by atoms with E-state index in [0.29, 0.717) is 23.8 Å². The number of nitrogens with two attached hydrogens (primary N) is 1. The van der Waals surface area contributed by atoms with E-state index >= 15 is 0 Å². The number of benzene rings is 1. The number of nitrogens with zero attached hydrogens (tertiary/aromatic N) is 2. The van der Waals surface area contributed by atoms with Crippen LogP contribution < -0.4 is 11.1 Å². The molecule has 0 radical (unpaired) electrons. The Balaban J connectivity index is 1.50. The monoisotopic (exact) mass is 470 g/mol. The van der Waals surface area contributed by atoms with Gasteiger partial charge >= 0.3 is 0 Å². The van der Waals surface area contributed by atoms with Crippen LogP contribution in [-0.2, 0) is 4.74 Å². The number of fused-ring (bicyclic) bond motifs is 1. The maximum atomic E-state index is 5.91. The Kier molecular flexibility index (Phi) is 6.10. The maximum absolute atomic E-state index is 5.91. The number of rotatable bonds is 3. The lowest BCUT2D eigenvalue weighted by Gasteiger charge is -2.44. The van der Waals surface area contributed by atoms with Gasteiger partial charge in [-0.1, -0.05) is 18.6 Å². The summed E-state index contributed by atoms with van der Waals surface area (Å²) >= 11 is 3.53. The van der Waals surface area contributed by atoms with Gasteiger partial charge in [0.05, 0.1) is 4.47 Å². The molecule has 5 rings (SSSR count). The van der Waals surface area contributed by atoms with Crippen LogP contribution in [-0.4, -0.2) is 48.8 Å². The predicted octanol–water partition coefficient (Wildman–Crippen LogP) is 4.49. The summed E-state index contributed by atoms with van der Waals surface area (Å²) in [6.07, 6.45) is 8.14.